The number of phenolic OH excluding ortho intramolecular Hbond substituents is 1. The largest absolute Gasteiger partial charge is 0.505 e. The third-order valence-corrected chi connectivity index (χ3v) is 6.20. The van der Waals surface area contributed by atoms with E-state index in [-0.39, 0.29) is 0 Å². The summed E-state index contributed by atoms with van der Waals surface area (Å²) >= 11 is 0. The SMILES string of the molecule is C=CCCC1CCC(C2CC=C(c3ccc(O)c(F)c3F)CC2)CC1. The molecule has 2 aliphatic carbocycles. The lowest BCUT2D eigenvalue weighted by Gasteiger charge is -2.35. The Labute approximate surface area is 149 Å². The lowest BCUT2D eigenvalue weighted by atomic mass is 9.70. The topological polar surface area (TPSA) is 20.2 Å². The molecule has 0 radical (unpaired) electrons. The van der Waals surface area contributed by atoms with Gasteiger partial charge in [0.1, 0.15) is 0 Å². The summed E-state index contributed by atoms with van der Waals surface area (Å²) in [6.45, 7) is 3.81. The zero-order valence-corrected chi connectivity index (χ0v) is 14.8. The fraction of sp³-hybridized carbons (Fsp3) is 0.545. The van der Waals surface area contributed by atoms with Gasteiger partial charge in [-0.15, -0.1) is 6.58 Å². The van der Waals surface area contributed by atoms with Gasteiger partial charge in [-0.3, -0.25) is 0 Å². The Balaban J connectivity index is 1.58. The van der Waals surface area contributed by atoms with Gasteiger partial charge in [-0.25, -0.2) is 4.39 Å². The van der Waals surface area contributed by atoms with Crippen LogP contribution in [-0.4, -0.2) is 5.11 Å². The molecule has 0 amide bonds. The Bertz CT molecular complexity index is 642. The highest BCUT2D eigenvalue weighted by Gasteiger charge is 2.29. The van der Waals surface area contributed by atoms with E-state index in [1.807, 2.05) is 6.08 Å². The Morgan fingerprint density at radius 2 is 1.80 bits per heavy atom. The Morgan fingerprint density at radius 1 is 1.04 bits per heavy atom. The van der Waals surface area contributed by atoms with Gasteiger partial charge in [-0.1, -0.05) is 25.0 Å². The number of hydrogen-bond donors (Lipinski definition) is 1. The van der Waals surface area contributed by atoms with Crippen molar-refractivity contribution < 1.29 is 13.9 Å². The molecule has 1 fully saturated rings. The first-order valence-corrected chi connectivity index (χ1v) is 9.57. The first-order chi connectivity index (χ1) is 12.1. The quantitative estimate of drug-likeness (QED) is 0.593. The van der Waals surface area contributed by atoms with Crippen molar-refractivity contribution >= 4 is 5.57 Å². The fourth-order valence-corrected chi connectivity index (χ4v) is 4.62. The van der Waals surface area contributed by atoms with Crippen molar-refractivity contribution in [1.82, 2.24) is 0 Å². The highest BCUT2D eigenvalue weighted by Crippen LogP contribution is 2.42. The van der Waals surface area contributed by atoms with Crippen molar-refractivity contribution in [3.63, 3.8) is 0 Å². The average molecular weight is 346 g/mol. The zero-order valence-electron chi connectivity index (χ0n) is 14.8. The number of hydrogen-bond acceptors (Lipinski definition) is 1. The van der Waals surface area contributed by atoms with E-state index in [2.05, 4.69) is 12.7 Å². The molecule has 3 rings (SSSR count). The fourth-order valence-electron chi connectivity index (χ4n) is 4.62. The minimum Gasteiger partial charge on any atom is -0.505 e. The molecule has 1 aromatic rings. The molecular formula is C22H28F2O. The second-order valence-electron chi connectivity index (χ2n) is 7.67. The smallest absolute Gasteiger partial charge is 0.200 e. The highest BCUT2D eigenvalue weighted by atomic mass is 19.2. The van der Waals surface area contributed by atoms with E-state index in [0.717, 1.165) is 43.1 Å². The summed E-state index contributed by atoms with van der Waals surface area (Å²) in [5.41, 5.74) is 1.19. The van der Waals surface area contributed by atoms with Crippen LogP contribution in [0.3, 0.4) is 0 Å². The van der Waals surface area contributed by atoms with Crippen LogP contribution >= 0.6 is 0 Å². The van der Waals surface area contributed by atoms with Crippen molar-refractivity contribution in [3.8, 4) is 5.75 Å². The van der Waals surface area contributed by atoms with Crippen molar-refractivity contribution in [2.24, 2.45) is 17.8 Å². The first kappa shape index (κ1) is 18.2. The zero-order chi connectivity index (χ0) is 17.8. The normalized spacial score (nSPS) is 27.0. The molecule has 0 bridgehead atoms. The first-order valence-electron chi connectivity index (χ1n) is 9.57. The van der Waals surface area contributed by atoms with Crippen molar-refractivity contribution in [2.75, 3.05) is 0 Å². The van der Waals surface area contributed by atoms with Gasteiger partial charge >= 0.3 is 0 Å². The molecule has 136 valence electrons. The van der Waals surface area contributed by atoms with Crippen molar-refractivity contribution in [2.45, 2.75) is 57.8 Å². The van der Waals surface area contributed by atoms with E-state index in [0.29, 0.717) is 11.5 Å². The predicted octanol–water partition coefficient (Wildman–Crippen LogP) is 6.63. The van der Waals surface area contributed by atoms with E-state index >= 15 is 0 Å². The number of phenols is 1. The van der Waals surface area contributed by atoms with Crippen molar-refractivity contribution in [1.29, 1.82) is 0 Å². The number of rotatable bonds is 5. The molecule has 0 heterocycles. The van der Waals surface area contributed by atoms with Gasteiger partial charge < -0.3 is 5.11 Å². The molecule has 3 heteroatoms. The lowest BCUT2D eigenvalue weighted by Crippen LogP contribution is -2.23. The second kappa shape index (κ2) is 8.16. The standard InChI is InChI=1S/C22H28F2O/c1-2-3-4-15-5-7-16(8-6-15)17-9-11-18(12-10-17)19-13-14-20(25)22(24)21(19)23/h2,11,13-17,25H,1,3-10,12H2. The minimum atomic E-state index is -1.14. The van der Waals surface area contributed by atoms with Gasteiger partial charge in [0, 0.05) is 5.56 Å². The molecule has 0 saturated heterocycles. The molecule has 0 spiro atoms. The molecule has 1 atom stereocenters. The average Bonchev–Trinajstić information content (AvgIpc) is 2.65. The van der Waals surface area contributed by atoms with Gasteiger partial charge in [0.15, 0.2) is 11.6 Å². The Hall–Kier alpha value is -1.64. The molecule has 1 aromatic carbocycles. The van der Waals surface area contributed by atoms with Gasteiger partial charge in [0.05, 0.1) is 0 Å². The summed E-state index contributed by atoms with van der Waals surface area (Å²) < 4.78 is 27.6. The van der Waals surface area contributed by atoms with Gasteiger partial charge in [0.2, 0.25) is 5.82 Å². The molecule has 1 nitrogen and oxygen atoms in total. The molecule has 25 heavy (non-hydrogen) atoms. The molecule has 1 N–H and O–H groups in total. The minimum absolute atomic E-state index is 0.307. The predicted molar refractivity (Wildman–Crippen MR) is 98.2 cm³/mol. The van der Waals surface area contributed by atoms with Gasteiger partial charge in [-0.05, 0) is 80.4 Å². The van der Waals surface area contributed by atoms with Crippen LogP contribution in [0.2, 0.25) is 0 Å². The summed E-state index contributed by atoms with van der Waals surface area (Å²) in [5.74, 6) is -0.374. The highest BCUT2D eigenvalue weighted by molar-refractivity contribution is 5.67. The van der Waals surface area contributed by atoms with Crippen LogP contribution in [0.25, 0.3) is 5.57 Å². The summed E-state index contributed by atoms with van der Waals surface area (Å²) in [4.78, 5) is 0. The van der Waals surface area contributed by atoms with Crippen LogP contribution in [0, 0.1) is 29.4 Å². The number of benzene rings is 1. The van der Waals surface area contributed by atoms with Crippen LogP contribution in [0.1, 0.15) is 63.4 Å². The number of aromatic hydroxyl groups is 1. The van der Waals surface area contributed by atoms with Crippen LogP contribution < -0.4 is 0 Å². The molecule has 1 unspecified atom stereocenters. The maximum Gasteiger partial charge on any atom is 0.200 e. The third-order valence-electron chi connectivity index (χ3n) is 6.20. The number of allylic oxidation sites excluding steroid dienone is 3. The van der Waals surface area contributed by atoms with Crippen LogP contribution in [0.4, 0.5) is 8.78 Å². The monoisotopic (exact) mass is 346 g/mol. The molecular weight excluding hydrogens is 318 g/mol. The Morgan fingerprint density at radius 3 is 2.44 bits per heavy atom. The molecule has 1 saturated carbocycles. The van der Waals surface area contributed by atoms with E-state index in [4.69, 9.17) is 0 Å². The van der Waals surface area contributed by atoms with Crippen LogP contribution in [0.5, 0.6) is 5.75 Å². The summed E-state index contributed by atoms with van der Waals surface area (Å²) in [6.07, 6.45) is 14.6. The maximum absolute atomic E-state index is 14.1. The van der Waals surface area contributed by atoms with Gasteiger partial charge in [0.25, 0.3) is 0 Å². The number of halogens is 2. The molecule has 2 aliphatic rings. The van der Waals surface area contributed by atoms with Crippen LogP contribution in [0.15, 0.2) is 30.9 Å². The molecule has 0 aliphatic heterocycles. The maximum atomic E-state index is 14.1. The summed E-state index contributed by atoms with van der Waals surface area (Å²) in [5, 5.41) is 9.27. The molecule has 0 aromatic heterocycles. The van der Waals surface area contributed by atoms with Gasteiger partial charge in [-0.2, -0.15) is 4.39 Å². The lowest BCUT2D eigenvalue weighted by molar-refractivity contribution is 0.190. The van der Waals surface area contributed by atoms with E-state index < -0.39 is 17.4 Å². The van der Waals surface area contributed by atoms with Crippen LogP contribution in [-0.2, 0) is 0 Å². The Kier molecular flexibility index (Phi) is 5.93. The summed E-state index contributed by atoms with van der Waals surface area (Å²) in [6, 6.07) is 2.73. The third kappa shape index (κ3) is 4.13. The van der Waals surface area contributed by atoms with E-state index in [1.165, 1.54) is 44.2 Å². The van der Waals surface area contributed by atoms with Crippen molar-refractivity contribution in [3.05, 3.63) is 48.1 Å². The van der Waals surface area contributed by atoms with E-state index in [9.17, 15) is 13.9 Å². The second-order valence-corrected chi connectivity index (χ2v) is 7.67. The summed E-state index contributed by atoms with van der Waals surface area (Å²) in [7, 11) is 0. The van der Waals surface area contributed by atoms with E-state index in [1.54, 1.807) is 0 Å².